The number of hydrogen-bond donors (Lipinski definition) is 5. The summed E-state index contributed by atoms with van der Waals surface area (Å²) in [7, 11) is 0. The molecule has 2 aliphatic rings. The molecule has 0 saturated carbocycles. The number of nitrogens with one attached hydrogen (secondary N) is 1. The summed E-state index contributed by atoms with van der Waals surface area (Å²) in [5.74, 6) is -2.08. The lowest BCUT2D eigenvalue weighted by atomic mass is 9.86. The Labute approximate surface area is 150 Å². The third kappa shape index (κ3) is 2.55. The Bertz CT molecular complexity index is 1040. The largest absolute Gasteiger partial charge is 0.361 e. The lowest BCUT2D eigenvalue weighted by Crippen LogP contribution is -2.40. The van der Waals surface area contributed by atoms with Crippen LogP contribution in [0.25, 0.3) is 17.2 Å². The predicted molar refractivity (Wildman–Crippen MR) is 103 cm³/mol. The molecule has 2 heterocycles. The van der Waals surface area contributed by atoms with Gasteiger partial charge >= 0.3 is 0 Å². The van der Waals surface area contributed by atoms with Crippen molar-refractivity contribution >= 4 is 29.1 Å². The Morgan fingerprint density at radius 1 is 1.12 bits per heavy atom. The van der Waals surface area contributed by atoms with Gasteiger partial charge in [0, 0.05) is 34.5 Å². The van der Waals surface area contributed by atoms with E-state index in [0.717, 1.165) is 38.5 Å². The van der Waals surface area contributed by atoms with E-state index in [9.17, 15) is 10.2 Å². The number of fused-ring (bicyclic) bond motifs is 2. The number of aliphatic imine (C=N–C) groups is 1. The number of benzene rings is 1. The van der Waals surface area contributed by atoms with Crippen molar-refractivity contribution in [1.29, 1.82) is 0 Å². The van der Waals surface area contributed by atoms with Crippen LogP contribution in [0.4, 0.5) is 5.69 Å². The van der Waals surface area contributed by atoms with Gasteiger partial charge in [-0.3, -0.25) is 4.99 Å². The lowest BCUT2D eigenvalue weighted by Gasteiger charge is -2.27. The molecule has 6 heteroatoms. The molecule has 0 saturated heterocycles. The quantitative estimate of drug-likeness (QED) is 0.484. The highest BCUT2D eigenvalue weighted by molar-refractivity contribution is 6.07. The average Bonchev–Trinajstić information content (AvgIpc) is 3.20. The van der Waals surface area contributed by atoms with E-state index < -0.39 is 5.79 Å². The van der Waals surface area contributed by atoms with Gasteiger partial charge in [-0.1, -0.05) is 12.1 Å². The van der Waals surface area contributed by atoms with E-state index in [0.29, 0.717) is 31.5 Å². The summed E-state index contributed by atoms with van der Waals surface area (Å²) in [5.41, 5.74) is 16.4. The Morgan fingerprint density at radius 2 is 1.92 bits per heavy atom. The summed E-state index contributed by atoms with van der Waals surface area (Å²) in [4.78, 5) is 7.67. The van der Waals surface area contributed by atoms with Gasteiger partial charge in [-0.25, -0.2) is 0 Å². The maximum atomic E-state index is 10.8. The van der Waals surface area contributed by atoms with Crippen LogP contribution < -0.4 is 21.9 Å². The first-order valence-corrected chi connectivity index (χ1v) is 8.72. The molecule has 1 aliphatic heterocycles. The second-order valence-electron chi connectivity index (χ2n) is 6.60. The number of nitrogens with two attached hydrogens (primary N) is 2. The Morgan fingerprint density at radius 3 is 2.69 bits per heavy atom. The van der Waals surface area contributed by atoms with Gasteiger partial charge in [-0.2, -0.15) is 0 Å². The Kier molecular flexibility index (Phi) is 4.13. The zero-order valence-corrected chi connectivity index (χ0v) is 14.4. The summed E-state index contributed by atoms with van der Waals surface area (Å²) in [6.45, 7) is 0.979. The van der Waals surface area contributed by atoms with Gasteiger partial charge in [0.15, 0.2) is 0 Å². The fourth-order valence-electron chi connectivity index (χ4n) is 3.81. The van der Waals surface area contributed by atoms with E-state index in [2.05, 4.69) is 9.98 Å². The molecule has 0 fully saturated rings. The molecular formula is C20H22N4O2. The Balaban J connectivity index is 2.15. The van der Waals surface area contributed by atoms with Crippen molar-refractivity contribution in [2.45, 2.75) is 18.6 Å². The molecule has 1 aliphatic carbocycles. The molecule has 4 rings (SSSR count). The van der Waals surface area contributed by atoms with Crippen LogP contribution in [0, 0.1) is 0 Å². The Hall–Kier alpha value is -2.51. The maximum absolute atomic E-state index is 10.8. The highest BCUT2D eigenvalue weighted by atomic mass is 16.5. The summed E-state index contributed by atoms with van der Waals surface area (Å²) in [6.07, 6.45) is 8.11. The molecule has 2 aromatic rings. The van der Waals surface area contributed by atoms with E-state index in [-0.39, 0.29) is 0 Å². The van der Waals surface area contributed by atoms with Crippen LogP contribution in [0.2, 0.25) is 0 Å². The molecule has 7 N–H and O–H groups in total. The fraction of sp³-hybridized carbons (Fsp3) is 0.250. The van der Waals surface area contributed by atoms with Crippen LogP contribution in [0.5, 0.6) is 0 Å². The standard InChI is InChI=1S/C20H22N4O2/c21-8-5-12-10-23-15-3-1-2-14(17(12)15)19-18-13(6-9-22)11-24-16(18)4-7-20(19,25)26/h1-4,7,10-11,24-26H,5-6,8-9,21-22H2. The first kappa shape index (κ1) is 16.9. The first-order valence-electron chi connectivity index (χ1n) is 8.72. The van der Waals surface area contributed by atoms with Gasteiger partial charge < -0.3 is 26.7 Å². The molecule has 1 aromatic carbocycles. The van der Waals surface area contributed by atoms with Crippen molar-refractivity contribution in [3.05, 3.63) is 57.7 Å². The zero-order valence-electron chi connectivity index (χ0n) is 14.4. The van der Waals surface area contributed by atoms with Crippen LogP contribution in [0.15, 0.2) is 35.5 Å². The number of aliphatic hydroxyl groups is 2. The normalized spacial score (nSPS) is 19.0. The van der Waals surface area contributed by atoms with Crippen LogP contribution >= 0.6 is 0 Å². The molecule has 0 bridgehead atoms. The molecule has 26 heavy (non-hydrogen) atoms. The van der Waals surface area contributed by atoms with E-state index >= 15 is 0 Å². The number of rotatable bonds is 4. The van der Waals surface area contributed by atoms with Gasteiger partial charge in [0.2, 0.25) is 5.79 Å². The fourth-order valence-corrected chi connectivity index (χ4v) is 3.81. The summed E-state index contributed by atoms with van der Waals surface area (Å²) in [5, 5.41) is 23.3. The number of nitrogens with zero attached hydrogens (tertiary/aromatic N) is 1. The molecule has 0 atom stereocenters. The van der Waals surface area contributed by atoms with Crippen LogP contribution in [-0.4, -0.2) is 40.3 Å². The van der Waals surface area contributed by atoms with Crippen molar-refractivity contribution < 1.29 is 10.2 Å². The number of aromatic amines is 1. The number of aromatic nitrogens is 1. The molecule has 0 amide bonds. The average molecular weight is 350 g/mol. The highest BCUT2D eigenvalue weighted by Crippen LogP contribution is 2.35. The van der Waals surface area contributed by atoms with Gasteiger partial charge in [-0.15, -0.1) is 0 Å². The molecule has 134 valence electrons. The zero-order chi connectivity index (χ0) is 18.3. The molecule has 0 radical (unpaired) electrons. The van der Waals surface area contributed by atoms with E-state index in [1.165, 1.54) is 6.08 Å². The van der Waals surface area contributed by atoms with Crippen molar-refractivity contribution in [3.8, 4) is 0 Å². The first-order chi connectivity index (χ1) is 12.6. The smallest absolute Gasteiger partial charge is 0.211 e. The van der Waals surface area contributed by atoms with Crippen molar-refractivity contribution in [2.24, 2.45) is 16.5 Å². The monoisotopic (exact) mass is 350 g/mol. The molecule has 0 unspecified atom stereocenters. The molecule has 0 spiro atoms. The van der Waals surface area contributed by atoms with E-state index in [4.69, 9.17) is 11.5 Å². The van der Waals surface area contributed by atoms with Gasteiger partial charge in [0.1, 0.15) is 0 Å². The molecular weight excluding hydrogens is 328 g/mol. The topological polar surface area (TPSA) is 121 Å². The van der Waals surface area contributed by atoms with E-state index in [1.807, 2.05) is 30.6 Å². The number of hydrogen-bond acceptors (Lipinski definition) is 5. The predicted octanol–water partition coefficient (Wildman–Crippen LogP) is -0.362. The van der Waals surface area contributed by atoms with Crippen LogP contribution in [-0.2, 0) is 6.42 Å². The third-order valence-corrected chi connectivity index (χ3v) is 4.91. The third-order valence-electron chi connectivity index (χ3n) is 4.91. The van der Waals surface area contributed by atoms with Crippen molar-refractivity contribution in [1.82, 2.24) is 4.98 Å². The number of H-pyrrole nitrogens is 1. The second kappa shape index (κ2) is 6.34. The molecule has 6 nitrogen and oxygen atoms in total. The van der Waals surface area contributed by atoms with Crippen LogP contribution in [0.1, 0.15) is 23.2 Å². The van der Waals surface area contributed by atoms with Gasteiger partial charge in [-0.05, 0) is 60.5 Å². The van der Waals surface area contributed by atoms with Gasteiger partial charge in [0.05, 0.1) is 5.69 Å². The van der Waals surface area contributed by atoms with Crippen molar-refractivity contribution in [2.75, 3.05) is 13.1 Å². The summed E-state index contributed by atoms with van der Waals surface area (Å²) >= 11 is 0. The highest BCUT2D eigenvalue weighted by Gasteiger charge is 2.34. The van der Waals surface area contributed by atoms with Crippen molar-refractivity contribution in [3.63, 3.8) is 0 Å². The summed E-state index contributed by atoms with van der Waals surface area (Å²) in [6, 6.07) is 5.71. The van der Waals surface area contributed by atoms with E-state index in [1.54, 1.807) is 6.08 Å². The minimum atomic E-state index is -2.08. The minimum Gasteiger partial charge on any atom is -0.361 e. The van der Waals surface area contributed by atoms with Gasteiger partial charge in [0.25, 0.3) is 0 Å². The minimum absolute atomic E-state index is 0.455. The summed E-state index contributed by atoms with van der Waals surface area (Å²) < 4.78 is 0. The SMILES string of the molecule is NCCC1=c2c(cccc2=C2c3c(CCN)c[nH]c3C=CC2(O)O)N=C1. The van der Waals surface area contributed by atoms with Crippen LogP contribution in [0.3, 0.4) is 0 Å². The maximum Gasteiger partial charge on any atom is 0.211 e. The molecule has 1 aromatic heterocycles. The second-order valence-corrected chi connectivity index (χ2v) is 6.60. The lowest BCUT2D eigenvalue weighted by molar-refractivity contribution is -0.0648.